The van der Waals surface area contributed by atoms with E-state index in [1.54, 1.807) is 0 Å². The number of aliphatic hydroxyl groups is 1. The van der Waals surface area contributed by atoms with Gasteiger partial charge in [0.25, 0.3) is 0 Å². The van der Waals surface area contributed by atoms with Crippen molar-refractivity contribution in [2.45, 2.75) is 45.1 Å². The average molecular weight is 344 g/mol. The molecule has 1 nitrogen and oxygen atoms in total. The van der Waals surface area contributed by atoms with Crippen LogP contribution in [0.15, 0.2) is 24.3 Å². The number of halogens is 1. The lowest BCUT2D eigenvalue weighted by molar-refractivity contribution is 0.0720. The van der Waals surface area contributed by atoms with Crippen LogP contribution in [-0.2, 0) is 6.42 Å². The summed E-state index contributed by atoms with van der Waals surface area (Å²) in [6, 6.07) is 8.51. The van der Waals surface area contributed by atoms with Crippen LogP contribution < -0.4 is 0 Å². The molecule has 1 fully saturated rings. The monoisotopic (exact) mass is 344 g/mol. The van der Waals surface area contributed by atoms with E-state index in [4.69, 9.17) is 0 Å². The van der Waals surface area contributed by atoms with Crippen LogP contribution in [-0.4, -0.2) is 11.2 Å². The average Bonchev–Trinajstić information content (AvgIpc) is 2.32. The summed E-state index contributed by atoms with van der Waals surface area (Å²) in [5.41, 5.74) is 1.26. The van der Waals surface area contributed by atoms with Crippen molar-refractivity contribution in [3.05, 3.63) is 33.4 Å². The van der Waals surface area contributed by atoms with E-state index in [1.807, 2.05) is 0 Å². The van der Waals surface area contributed by atoms with Gasteiger partial charge in [0.1, 0.15) is 0 Å². The molecular formula is C15H21IO. The summed E-state index contributed by atoms with van der Waals surface area (Å²) >= 11 is 2.31. The van der Waals surface area contributed by atoms with E-state index < -0.39 is 0 Å². The molecule has 0 radical (unpaired) electrons. The maximum absolute atomic E-state index is 10.3. The molecule has 1 saturated carbocycles. The number of hydrogen-bond acceptors (Lipinski definition) is 1. The number of benzene rings is 1. The van der Waals surface area contributed by atoms with Gasteiger partial charge in [0.2, 0.25) is 0 Å². The first-order valence-electron chi connectivity index (χ1n) is 6.57. The van der Waals surface area contributed by atoms with Crippen molar-refractivity contribution in [2.75, 3.05) is 0 Å². The molecule has 0 aliphatic heterocycles. The summed E-state index contributed by atoms with van der Waals surface area (Å²) in [4.78, 5) is 0. The van der Waals surface area contributed by atoms with Crippen LogP contribution in [0.3, 0.4) is 0 Å². The Morgan fingerprint density at radius 1 is 1.29 bits per heavy atom. The molecule has 1 aliphatic rings. The molecule has 0 spiro atoms. The molecule has 3 unspecified atom stereocenters. The quantitative estimate of drug-likeness (QED) is 0.821. The third-order valence-corrected chi connectivity index (χ3v) is 4.60. The predicted octanol–water partition coefficient (Wildman–Crippen LogP) is 4.02. The summed E-state index contributed by atoms with van der Waals surface area (Å²) in [6.07, 6.45) is 5.69. The van der Waals surface area contributed by atoms with Crippen molar-refractivity contribution in [1.29, 1.82) is 0 Å². The van der Waals surface area contributed by atoms with Gasteiger partial charge in [-0.2, -0.15) is 0 Å². The molecule has 0 heterocycles. The Balaban J connectivity index is 1.91. The maximum Gasteiger partial charge on any atom is 0.0608 e. The molecule has 1 aromatic carbocycles. The smallest absolute Gasteiger partial charge is 0.0608 e. The van der Waals surface area contributed by atoms with Crippen molar-refractivity contribution < 1.29 is 5.11 Å². The van der Waals surface area contributed by atoms with E-state index in [2.05, 4.69) is 53.8 Å². The Morgan fingerprint density at radius 3 is 2.65 bits per heavy atom. The van der Waals surface area contributed by atoms with Gasteiger partial charge in [0.05, 0.1) is 6.10 Å². The molecule has 1 aliphatic carbocycles. The van der Waals surface area contributed by atoms with Crippen LogP contribution in [0, 0.1) is 15.4 Å². The Morgan fingerprint density at radius 2 is 2.00 bits per heavy atom. The number of hydrogen-bond donors (Lipinski definition) is 1. The first-order valence-corrected chi connectivity index (χ1v) is 7.65. The molecule has 1 N–H and O–H groups in total. The van der Waals surface area contributed by atoms with E-state index in [-0.39, 0.29) is 6.10 Å². The van der Waals surface area contributed by atoms with Crippen LogP contribution in [0.2, 0.25) is 0 Å². The fourth-order valence-electron chi connectivity index (χ4n) is 2.86. The molecule has 3 atom stereocenters. The molecule has 94 valence electrons. The van der Waals surface area contributed by atoms with Crippen molar-refractivity contribution in [2.24, 2.45) is 11.8 Å². The molecular weight excluding hydrogens is 323 g/mol. The minimum absolute atomic E-state index is 0.155. The maximum atomic E-state index is 10.3. The summed E-state index contributed by atoms with van der Waals surface area (Å²) in [6.45, 7) is 2.31. The summed E-state index contributed by atoms with van der Waals surface area (Å²) < 4.78 is 1.26. The zero-order valence-electron chi connectivity index (χ0n) is 10.4. The summed E-state index contributed by atoms with van der Waals surface area (Å²) in [7, 11) is 0. The zero-order valence-corrected chi connectivity index (χ0v) is 12.6. The van der Waals surface area contributed by atoms with E-state index in [0.717, 1.165) is 12.3 Å². The van der Waals surface area contributed by atoms with Crippen molar-refractivity contribution in [3.63, 3.8) is 0 Å². The summed E-state index contributed by atoms with van der Waals surface area (Å²) in [5.74, 6) is 1.30. The lowest BCUT2D eigenvalue weighted by Gasteiger charge is -2.30. The standard InChI is InChI=1S/C15H21IO/c1-11-3-2-4-13(9-11)15(17)10-12-5-7-14(16)8-6-12/h5-8,11,13,15,17H,2-4,9-10H2,1H3. The molecule has 0 bridgehead atoms. The first-order chi connectivity index (χ1) is 8.15. The van der Waals surface area contributed by atoms with Crippen molar-refractivity contribution >= 4 is 22.6 Å². The largest absolute Gasteiger partial charge is 0.392 e. The van der Waals surface area contributed by atoms with Crippen molar-refractivity contribution in [1.82, 2.24) is 0 Å². The van der Waals surface area contributed by atoms with Gasteiger partial charge < -0.3 is 5.11 Å². The fraction of sp³-hybridized carbons (Fsp3) is 0.600. The predicted molar refractivity (Wildman–Crippen MR) is 80.0 cm³/mol. The molecule has 1 aromatic rings. The minimum atomic E-state index is -0.155. The van der Waals surface area contributed by atoms with Crippen LogP contribution in [0.5, 0.6) is 0 Å². The highest BCUT2D eigenvalue weighted by atomic mass is 127. The molecule has 17 heavy (non-hydrogen) atoms. The molecule has 2 rings (SSSR count). The number of aliphatic hydroxyl groups excluding tert-OH is 1. The topological polar surface area (TPSA) is 20.2 Å². The molecule has 0 aromatic heterocycles. The second-order valence-electron chi connectivity index (χ2n) is 5.43. The second-order valence-corrected chi connectivity index (χ2v) is 6.68. The third-order valence-electron chi connectivity index (χ3n) is 3.88. The van der Waals surface area contributed by atoms with Gasteiger partial charge in [-0.1, -0.05) is 31.9 Å². The van der Waals surface area contributed by atoms with Gasteiger partial charge in [-0.05, 0) is 71.4 Å². The lowest BCUT2D eigenvalue weighted by atomic mass is 9.78. The van der Waals surface area contributed by atoms with Gasteiger partial charge in [-0.3, -0.25) is 0 Å². The normalized spacial score (nSPS) is 26.8. The molecule has 0 amide bonds. The highest BCUT2D eigenvalue weighted by Gasteiger charge is 2.25. The zero-order chi connectivity index (χ0) is 12.3. The van der Waals surface area contributed by atoms with Gasteiger partial charge in [-0.15, -0.1) is 0 Å². The van der Waals surface area contributed by atoms with Crippen LogP contribution in [0.4, 0.5) is 0 Å². The Kier molecular flexibility index (Phi) is 4.86. The highest BCUT2D eigenvalue weighted by Crippen LogP contribution is 2.31. The highest BCUT2D eigenvalue weighted by molar-refractivity contribution is 14.1. The Hall–Kier alpha value is -0.0900. The molecule has 0 saturated heterocycles. The second kappa shape index (κ2) is 6.19. The van der Waals surface area contributed by atoms with Crippen molar-refractivity contribution in [3.8, 4) is 0 Å². The SMILES string of the molecule is CC1CCCC(C(O)Cc2ccc(I)cc2)C1. The van der Waals surface area contributed by atoms with Gasteiger partial charge in [0.15, 0.2) is 0 Å². The molecule has 2 heteroatoms. The first kappa shape index (κ1) is 13.3. The number of rotatable bonds is 3. The van der Waals surface area contributed by atoms with E-state index in [0.29, 0.717) is 5.92 Å². The van der Waals surface area contributed by atoms with Gasteiger partial charge >= 0.3 is 0 Å². The fourth-order valence-corrected chi connectivity index (χ4v) is 3.22. The van der Waals surface area contributed by atoms with E-state index >= 15 is 0 Å². The lowest BCUT2D eigenvalue weighted by Crippen LogP contribution is -2.27. The van der Waals surface area contributed by atoms with E-state index in [9.17, 15) is 5.11 Å². The van der Waals surface area contributed by atoms with Gasteiger partial charge in [0, 0.05) is 3.57 Å². The van der Waals surface area contributed by atoms with Crippen LogP contribution >= 0.6 is 22.6 Å². The van der Waals surface area contributed by atoms with Crippen LogP contribution in [0.25, 0.3) is 0 Å². The van der Waals surface area contributed by atoms with E-state index in [1.165, 1.54) is 34.8 Å². The van der Waals surface area contributed by atoms with Gasteiger partial charge in [-0.25, -0.2) is 0 Å². The summed E-state index contributed by atoms with van der Waals surface area (Å²) in [5, 5.41) is 10.3. The third kappa shape index (κ3) is 3.95. The minimum Gasteiger partial charge on any atom is -0.392 e. The van der Waals surface area contributed by atoms with Crippen LogP contribution in [0.1, 0.15) is 38.2 Å². The Bertz CT molecular complexity index is 346. The Labute approximate surface area is 118 Å².